The van der Waals surface area contributed by atoms with E-state index in [0.29, 0.717) is 0 Å². The second-order valence-electron chi connectivity index (χ2n) is 6.53. The molecule has 0 aromatic heterocycles. The van der Waals surface area contributed by atoms with E-state index in [4.69, 9.17) is 18.4 Å². The Labute approximate surface area is 173 Å². The monoisotopic (exact) mass is 436 g/mol. The van der Waals surface area contributed by atoms with Crippen LogP contribution < -0.4 is 0 Å². The number of aliphatic hydroxyl groups excluding tert-OH is 1. The van der Waals surface area contributed by atoms with Crippen molar-refractivity contribution in [1.82, 2.24) is 0 Å². The van der Waals surface area contributed by atoms with Crippen LogP contribution in [0.3, 0.4) is 0 Å². The van der Waals surface area contributed by atoms with Crippen LogP contribution in [0.2, 0.25) is 0 Å². The molecule has 0 amide bonds. The third-order valence-electron chi connectivity index (χ3n) is 4.21. The van der Waals surface area contributed by atoms with Crippen LogP contribution in [0, 0.1) is 0 Å². The molecule has 9 nitrogen and oxygen atoms in total. The zero-order chi connectivity index (χ0) is 21.7. The molecule has 0 saturated carbocycles. The highest BCUT2D eigenvalue weighted by atomic mass is 32.2. The molecule has 1 aliphatic rings. The van der Waals surface area contributed by atoms with E-state index in [0.717, 1.165) is 6.26 Å². The minimum atomic E-state index is -3.97. The van der Waals surface area contributed by atoms with Gasteiger partial charge in [0.2, 0.25) is 0 Å². The number of aliphatic hydroxyl groups is 1. The fraction of sp³-hybridized carbons (Fsp3) is 0.300. The summed E-state index contributed by atoms with van der Waals surface area (Å²) in [4.78, 5) is 25.0. The Morgan fingerprint density at radius 3 is 1.83 bits per heavy atom. The van der Waals surface area contributed by atoms with E-state index in [1.165, 1.54) is 24.3 Å². The molecule has 0 bridgehead atoms. The minimum Gasteiger partial charge on any atom is -0.452 e. The van der Waals surface area contributed by atoms with Gasteiger partial charge in [-0.15, -0.1) is 0 Å². The number of carbonyl (C=O) groups excluding carboxylic acids is 2. The van der Waals surface area contributed by atoms with E-state index in [1.807, 2.05) is 0 Å². The van der Waals surface area contributed by atoms with E-state index in [1.54, 1.807) is 36.4 Å². The number of hydrogen-bond donors (Lipinski definition) is 1. The summed E-state index contributed by atoms with van der Waals surface area (Å²) >= 11 is 0. The molecule has 2 aromatic carbocycles. The Balaban J connectivity index is 1.87. The van der Waals surface area contributed by atoms with Gasteiger partial charge in [-0.25, -0.2) is 9.59 Å². The van der Waals surface area contributed by atoms with Crippen molar-refractivity contribution < 1.29 is 41.5 Å². The van der Waals surface area contributed by atoms with Crippen LogP contribution >= 0.6 is 0 Å². The van der Waals surface area contributed by atoms with Gasteiger partial charge in [0.15, 0.2) is 18.5 Å². The van der Waals surface area contributed by atoms with E-state index in [-0.39, 0.29) is 11.1 Å². The van der Waals surface area contributed by atoms with Gasteiger partial charge in [0, 0.05) is 0 Å². The number of carbonyl (C=O) groups is 2. The summed E-state index contributed by atoms with van der Waals surface area (Å²) in [7, 11) is -3.97. The van der Waals surface area contributed by atoms with Crippen LogP contribution in [-0.4, -0.2) is 62.9 Å². The third-order valence-corrected chi connectivity index (χ3v) is 4.80. The van der Waals surface area contributed by atoms with Crippen LogP contribution in [0.25, 0.3) is 0 Å². The molecule has 2 aromatic rings. The van der Waals surface area contributed by atoms with Crippen LogP contribution in [0.15, 0.2) is 60.7 Å². The number of hydrogen-bond acceptors (Lipinski definition) is 9. The predicted octanol–water partition coefficient (Wildman–Crippen LogP) is 1.13. The zero-order valence-electron chi connectivity index (χ0n) is 15.9. The van der Waals surface area contributed by atoms with Crippen molar-refractivity contribution in [3.05, 3.63) is 71.8 Å². The van der Waals surface area contributed by atoms with E-state index < -0.39 is 53.3 Å². The van der Waals surface area contributed by atoms with Crippen molar-refractivity contribution in [2.75, 3.05) is 12.9 Å². The fourth-order valence-corrected chi connectivity index (χ4v) is 3.48. The summed E-state index contributed by atoms with van der Waals surface area (Å²) in [6, 6.07) is 15.9. The fourth-order valence-electron chi connectivity index (χ4n) is 2.86. The Hall–Kier alpha value is -2.79. The minimum absolute atomic E-state index is 0.184. The molecular formula is C20H20O9S. The Bertz CT molecular complexity index is 976. The van der Waals surface area contributed by atoms with Crippen LogP contribution in [-0.2, 0) is 28.5 Å². The normalized spacial score (nSPS) is 24.1. The maximum atomic E-state index is 12.5. The topological polar surface area (TPSA) is 125 Å². The molecular weight excluding hydrogens is 416 g/mol. The predicted molar refractivity (Wildman–Crippen MR) is 103 cm³/mol. The van der Waals surface area contributed by atoms with Gasteiger partial charge >= 0.3 is 11.9 Å². The van der Waals surface area contributed by atoms with E-state index in [9.17, 15) is 23.1 Å². The van der Waals surface area contributed by atoms with Gasteiger partial charge in [-0.1, -0.05) is 36.4 Å². The highest BCUT2D eigenvalue weighted by Crippen LogP contribution is 2.25. The molecule has 160 valence electrons. The molecule has 4 atom stereocenters. The quantitative estimate of drug-likeness (QED) is 0.524. The van der Waals surface area contributed by atoms with Gasteiger partial charge in [-0.2, -0.15) is 8.42 Å². The number of rotatable bonds is 6. The van der Waals surface area contributed by atoms with Crippen molar-refractivity contribution in [3.63, 3.8) is 0 Å². The Morgan fingerprint density at radius 1 is 0.900 bits per heavy atom. The first-order valence-electron chi connectivity index (χ1n) is 8.94. The van der Waals surface area contributed by atoms with Crippen LogP contribution in [0.1, 0.15) is 20.7 Å². The second-order valence-corrected chi connectivity index (χ2v) is 8.14. The van der Waals surface area contributed by atoms with Gasteiger partial charge < -0.3 is 19.3 Å². The maximum Gasteiger partial charge on any atom is 0.338 e. The van der Waals surface area contributed by atoms with Gasteiger partial charge in [0.05, 0.1) is 24.0 Å². The van der Waals surface area contributed by atoms with Crippen molar-refractivity contribution in [3.8, 4) is 0 Å². The Morgan fingerprint density at radius 2 is 1.37 bits per heavy atom. The van der Waals surface area contributed by atoms with Crippen molar-refractivity contribution in [1.29, 1.82) is 0 Å². The summed E-state index contributed by atoms with van der Waals surface area (Å²) in [6.45, 7) is -0.402. The molecule has 3 rings (SSSR count). The molecule has 0 radical (unpaired) electrons. The first kappa shape index (κ1) is 21.9. The average molecular weight is 436 g/mol. The summed E-state index contributed by atoms with van der Waals surface area (Å²) < 4.78 is 44.1. The lowest BCUT2D eigenvalue weighted by Gasteiger charge is -2.38. The smallest absolute Gasteiger partial charge is 0.338 e. The van der Waals surface area contributed by atoms with Crippen molar-refractivity contribution in [2.24, 2.45) is 0 Å². The highest BCUT2D eigenvalue weighted by molar-refractivity contribution is 7.86. The molecule has 1 heterocycles. The van der Waals surface area contributed by atoms with Crippen molar-refractivity contribution >= 4 is 22.1 Å². The average Bonchev–Trinajstić information content (AvgIpc) is 2.72. The maximum absolute atomic E-state index is 12.5. The zero-order valence-corrected chi connectivity index (χ0v) is 16.7. The van der Waals surface area contributed by atoms with Gasteiger partial charge in [0.25, 0.3) is 10.1 Å². The lowest BCUT2D eigenvalue weighted by atomic mass is 10.0. The van der Waals surface area contributed by atoms with Gasteiger partial charge in [0.1, 0.15) is 6.10 Å². The molecule has 10 heteroatoms. The first-order valence-corrected chi connectivity index (χ1v) is 10.8. The SMILES string of the molecule is CS(=O)(=O)O[C@@H]1CO[C@@H](O)[C@H](OC(=O)c2ccccc2)[C@@H]1OC(=O)c1ccccc1. The van der Waals surface area contributed by atoms with Gasteiger partial charge in [-0.3, -0.25) is 4.18 Å². The Kier molecular flexibility index (Phi) is 6.83. The molecule has 1 N–H and O–H groups in total. The first-order chi connectivity index (χ1) is 14.2. The van der Waals surface area contributed by atoms with Crippen molar-refractivity contribution in [2.45, 2.75) is 24.6 Å². The number of esters is 2. The molecule has 1 aliphatic heterocycles. The lowest BCUT2D eigenvalue weighted by Crippen LogP contribution is -2.57. The standard InChI is InChI=1S/C20H20O9S/c1-30(24,25)29-15-12-26-20(23)17(28-19(22)14-10-6-3-7-11-14)16(15)27-18(21)13-8-4-2-5-9-13/h2-11,15-17,20,23H,12H2,1H3/t15-,16-,17-,20-/m1/s1. The molecule has 0 spiro atoms. The highest BCUT2D eigenvalue weighted by Gasteiger charge is 2.47. The largest absolute Gasteiger partial charge is 0.452 e. The molecule has 0 aliphatic carbocycles. The molecule has 1 saturated heterocycles. The summed E-state index contributed by atoms with van der Waals surface area (Å²) in [5, 5.41) is 10.2. The summed E-state index contributed by atoms with van der Waals surface area (Å²) in [5.41, 5.74) is 0.369. The third kappa shape index (κ3) is 5.63. The summed E-state index contributed by atoms with van der Waals surface area (Å²) in [5.74, 6) is -1.62. The van der Waals surface area contributed by atoms with E-state index >= 15 is 0 Å². The van der Waals surface area contributed by atoms with Crippen LogP contribution in [0.4, 0.5) is 0 Å². The molecule has 1 fully saturated rings. The van der Waals surface area contributed by atoms with Crippen LogP contribution in [0.5, 0.6) is 0 Å². The lowest BCUT2D eigenvalue weighted by molar-refractivity contribution is -0.246. The second kappa shape index (κ2) is 9.35. The van der Waals surface area contributed by atoms with E-state index in [2.05, 4.69) is 0 Å². The molecule has 30 heavy (non-hydrogen) atoms. The summed E-state index contributed by atoms with van der Waals surface area (Å²) in [6.07, 6.45) is -5.14. The molecule has 0 unspecified atom stereocenters. The van der Waals surface area contributed by atoms with Gasteiger partial charge in [-0.05, 0) is 24.3 Å². The number of benzene rings is 2. The number of ether oxygens (including phenoxy) is 3.